The number of esters is 1. The molecule has 2 aromatic carbocycles. The van der Waals surface area contributed by atoms with Gasteiger partial charge in [-0.1, -0.05) is 66.7 Å². The molecule has 10 nitrogen and oxygen atoms in total. The molecule has 0 aromatic heterocycles. The molecule has 0 fully saturated rings. The summed E-state index contributed by atoms with van der Waals surface area (Å²) in [4.78, 5) is 50.5. The van der Waals surface area contributed by atoms with E-state index in [0.29, 0.717) is 0 Å². The number of amides is 3. The van der Waals surface area contributed by atoms with Crippen LogP contribution in [0.3, 0.4) is 0 Å². The van der Waals surface area contributed by atoms with Crippen molar-refractivity contribution in [3.8, 4) is 0 Å². The smallest absolute Gasteiger partial charge is 0.419 e. The maximum absolute atomic E-state index is 12.8. The van der Waals surface area contributed by atoms with Crippen molar-refractivity contribution in [3.05, 3.63) is 83.9 Å². The second-order valence-electron chi connectivity index (χ2n) is 9.51. The van der Waals surface area contributed by atoms with Crippen molar-refractivity contribution < 1.29 is 38.1 Å². The highest BCUT2D eigenvalue weighted by Gasteiger charge is 2.28. The van der Waals surface area contributed by atoms with Gasteiger partial charge < -0.3 is 24.3 Å². The topological polar surface area (TPSA) is 120 Å². The number of nitrogens with zero attached hydrogens (tertiary/aromatic N) is 1. The van der Waals surface area contributed by atoms with Crippen LogP contribution < -0.4 is 5.32 Å². The minimum absolute atomic E-state index is 0.0156. The number of ether oxygens (including phenoxy) is 4. The number of methoxy groups -OCH3 is 1. The number of benzene rings is 2. The monoisotopic (exact) mass is 540 g/mol. The fourth-order valence-electron chi connectivity index (χ4n) is 3.24. The lowest BCUT2D eigenvalue weighted by Gasteiger charge is -2.26. The van der Waals surface area contributed by atoms with Crippen LogP contribution in [-0.2, 0) is 37.0 Å². The van der Waals surface area contributed by atoms with Crippen molar-refractivity contribution in [2.45, 2.75) is 58.5 Å². The van der Waals surface area contributed by atoms with Gasteiger partial charge in [0, 0.05) is 12.6 Å². The van der Waals surface area contributed by atoms with Gasteiger partial charge in [0.15, 0.2) is 0 Å². The third kappa shape index (κ3) is 12.6. The van der Waals surface area contributed by atoms with E-state index in [1.165, 1.54) is 19.3 Å². The second-order valence-corrected chi connectivity index (χ2v) is 9.51. The number of carbonyl (C=O) groups excluding carboxylic acids is 4. The molecule has 0 unspecified atom stereocenters. The standard InChI is InChI=1S/C29H36N2O8/c1-29(2,3)39-28(35)31(27(34)38-21-23-14-9-6-10-15-23)19-11-16-24(17-18-25(32)36-4)30-26(33)37-20-22-12-7-5-8-13-22/h5-10,12-15,17-18,24H,11,16,19-21H2,1-4H3,(H,30,33)/b18-17-/t24-/m0/s1. The summed E-state index contributed by atoms with van der Waals surface area (Å²) in [7, 11) is 1.24. The Morgan fingerprint density at radius 3 is 1.97 bits per heavy atom. The Hall–Kier alpha value is -4.34. The lowest BCUT2D eigenvalue weighted by Crippen LogP contribution is -2.42. The predicted octanol–water partition coefficient (Wildman–Crippen LogP) is 5.36. The van der Waals surface area contributed by atoms with E-state index in [0.717, 1.165) is 16.0 Å². The molecule has 3 amide bonds. The highest BCUT2D eigenvalue weighted by atomic mass is 16.6. The van der Waals surface area contributed by atoms with Crippen LogP contribution in [-0.4, -0.2) is 54.4 Å². The van der Waals surface area contributed by atoms with E-state index in [-0.39, 0.29) is 32.6 Å². The van der Waals surface area contributed by atoms with Crippen LogP contribution in [0.25, 0.3) is 0 Å². The van der Waals surface area contributed by atoms with Crippen molar-refractivity contribution in [2.24, 2.45) is 0 Å². The number of rotatable bonds is 11. The molecule has 1 atom stereocenters. The quantitative estimate of drug-likeness (QED) is 0.230. The summed E-state index contributed by atoms with van der Waals surface area (Å²) >= 11 is 0. The number of hydrogen-bond acceptors (Lipinski definition) is 8. The van der Waals surface area contributed by atoms with Crippen molar-refractivity contribution >= 4 is 24.2 Å². The van der Waals surface area contributed by atoms with E-state index in [4.69, 9.17) is 14.2 Å². The highest BCUT2D eigenvalue weighted by molar-refractivity contribution is 5.88. The summed E-state index contributed by atoms with van der Waals surface area (Å²) < 4.78 is 20.6. The molecular formula is C29H36N2O8. The number of carbonyl (C=O) groups is 4. The molecule has 0 saturated carbocycles. The molecule has 0 aliphatic rings. The Kier molecular flexibility index (Phi) is 12.5. The third-order valence-electron chi connectivity index (χ3n) is 5.12. The molecule has 2 aromatic rings. The Morgan fingerprint density at radius 2 is 1.44 bits per heavy atom. The summed E-state index contributed by atoms with van der Waals surface area (Å²) in [5.41, 5.74) is 0.753. The summed E-state index contributed by atoms with van der Waals surface area (Å²) in [5, 5.41) is 2.68. The number of nitrogens with one attached hydrogen (secondary N) is 1. The molecule has 2 rings (SSSR count). The zero-order valence-electron chi connectivity index (χ0n) is 22.8. The Bertz CT molecular complexity index is 1100. The Morgan fingerprint density at radius 1 is 0.872 bits per heavy atom. The van der Waals surface area contributed by atoms with Crippen molar-refractivity contribution in [3.63, 3.8) is 0 Å². The van der Waals surface area contributed by atoms with Gasteiger partial charge in [0.05, 0.1) is 13.2 Å². The zero-order valence-corrected chi connectivity index (χ0v) is 22.8. The van der Waals surface area contributed by atoms with Gasteiger partial charge in [-0.05, 0) is 44.7 Å². The van der Waals surface area contributed by atoms with Crippen molar-refractivity contribution in [1.82, 2.24) is 10.2 Å². The first-order chi connectivity index (χ1) is 18.6. The summed E-state index contributed by atoms with van der Waals surface area (Å²) in [5.74, 6) is -0.598. The van der Waals surface area contributed by atoms with Gasteiger partial charge >= 0.3 is 24.2 Å². The minimum Gasteiger partial charge on any atom is -0.466 e. The number of imide groups is 1. The van der Waals surface area contributed by atoms with Gasteiger partial charge in [-0.2, -0.15) is 0 Å². The highest BCUT2D eigenvalue weighted by Crippen LogP contribution is 2.14. The van der Waals surface area contributed by atoms with Gasteiger partial charge in [-0.25, -0.2) is 24.1 Å². The van der Waals surface area contributed by atoms with Crippen LogP contribution in [0, 0.1) is 0 Å². The van der Waals surface area contributed by atoms with Crippen LogP contribution in [0.5, 0.6) is 0 Å². The molecule has 0 spiro atoms. The van der Waals surface area contributed by atoms with Crippen LogP contribution in [0.1, 0.15) is 44.7 Å². The van der Waals surface area contributed by atoms with Gasteiger partial charge in [-0.15, -0.1) is 0 Å². The van der Waals surface area contributed by atoms with E-state index in [1.807, 2.05) is 48.5 Å². The van der Waals surface area contributed by atoms with E-state index in [1.54, 1.807) is 32.9 Å². The molecule has 39 heavy (non-hydrogen) atoms. The first-order valence-electron chi connectivity index (χ1n) is 12.5. The molecule has 0 aliphatic heterocycles. The van der Waals surface area contributed by atoms with Gasteiger partial charge in [0.25, 0.3) is 0 Å². The molecule has 0 saturated heterocycles. The molecular weight excluding hydrogens is 504 g/mol. The number of alkyl carbamates (subject to hydrolysis) is 1. The SMILES string of the molecule is COC(=O)/C=C\[C@H](CCCN(C(=O)OCc1ccccc1)C(=O)OC(C)(C)C)NC(=O)OCc1ccccc1. The molecule has 0 bridgehead atoms. The fraction of sp³-hybridized carbons (Fsp3) is 0.379. The predicted molar refractivity (Wildman–Crippen MR) is 144 cm³/mol. The lowest BCUT2D eigenvalue weighted by atomic mass is 10.1. The molecule has 0 heterocycles. The maximum atomic E-state index is 12.8. The fourth-order valence-corrected chi connectivity index (χ4v) is 3.24. The van der Waals surface area contributed by atoms with Crippen LogP contribution in [0.15, 0.2) is 72.8 Å². The van der Waals surface area contributed by atoms with Crippen LogP contribution in [0.4, 0.5) is 14.4 Å². The summed E-state index contributed by atoms with van der Waals surface area (Å²) in [6.07, 6.45) is 0.768. The van der Waals surface area contributed by atoms with Crippen molar-refractivity contribution in [1.29, 1.82) is 0 Å². The Balaban J connectivity index is 2.02. The first-order valence-corrected chi connectivity index (χ1v) is 12.5. The lowest BCUT2D eigenvalue weighted by molar-refractivity contribution is -0.134. The molecule has 0 radical (unpaired) electrons. The van der Waals surface area contributed by atoms with E-state index in [9.17, 15) is 19.2 Å². The van der Waals surface area contributed by atoms with E-state index >= 15 is 0 Å². The average molecular weight is 541 g/mol. The van der Waals surface area contributed by atoms with Gasteiger partial charge in [0.2, 0.25) is 0 Å². The summed E-state index contributed by atoms with van der Waals surface area (Å²) in [6.45, 7) is 5.08. The second kappa shape index (κ2) is 15.8. The molecule has 1 N–H and O–H groups in total. The van der Waals surface area contributed by atoms with E-state index in [2.05, 4.69) is 10.1 Å². The summed E-state index contributed by atoms with van der Waals surface area (Å²) in [6, 6.07) is 17.6. The van der Waals surface area contributed by atoms with Crippen LogP contribution in [0.2, 0.25) is 0 Å². The maximum Gasteiger partial charge on any atom is 0.419 e. The first kappa shape index (κ1) is 30.9. The molecule has 0 aliphatic carbocycles. The van der Waals surface area contributed by atoms with E-state index < -0.39 is 35.9 Å². The average Bonchev–Trinajstić information content (AvgIpc) is 2.91. The van der Waals surface area contributed by atoms with Gasteiger partial charge in [0.1, 0.15) is 18.8 Å². The molecule has 210 valence electrons. The largest absolute Gasteiger partial charge is 0.466 e. The third-order valence-corrected chi connectivity index (χ3v) is 5.12. The number of hydrogen-bond donors (Lipinski definition) is 1. The molecule has 10 heteroatoms. The normalized spacial score (nSPS) is 11.8. The Labute approximate surface area is 228 Å². The van der Waals surface area contributed by atoms with Crippen molar-refractivity contribution in [2.75, 3.05) is 13.7 Å². The van der Waals surface area contributed by atoms with Gasteiger partial charge in [-0.3, -0.25) is 0 Å². The van der Waals surface area contributed by atoms with Crippen LogP contribution >= 0.6 is 0 Å². The zero-order chi connectivity index (χ0) is 28.7. The minimum atomic E-state index is -0.856.